The highest BCUT2D eigenvalue weighted by molar-refractivity contribution is 5.65. The van der Waals surface area contributed by atoms with Crippen LogP contribution in [0.15, 0.2) is 0 Å². The van der Waals surface area contributed by atoms with Crippen molar-refractivity contribution in [1.29, 1.82) is 0 Å². The van der Waals surface area contributed by atoms with Crippen molar-refractivity contribution in [3.63, 3.8) is 0 Å². The first-order chi connectivity index (χ1) is 4.13. The lowest BCUT2D eigenvalue weighted by Gasteiger charge is -1.98. The van der Waals surface area contributed by atoms with E-state index in [4.69, 9.17) is 0 Å². The molecule has 0 saturated carbocycles. The minimum Gasteiger partial charge on any atom is -0.466 e. The smallest absolute Gasteiger partial charge is 0.302 e. The van der Waals surface area contributed by atoms with Crippen LogP contribution in [0.25, 0.3) is 0 Å². The van der Waals surface area contributed by atoms with E-state index in [2.05, 4.69) is 4.74 Å². The predicted molar refractivity (Wildman–Crippen MR) is 27.3 cm³/mol. The maximum Gasteiger partial charge on any atom is 0.302 e. The molecular weight excluding hydrogens is 130 g/mol. The molecule has 4 heteroatoms. The van der Waals surface area contributed by atoms with E-state index < -0.39 is 12.4 Å². The molecule has 54 valence electrons. The van der Waals surface area contributed by atoms with Gasteiger partial charge in [-0.15, -0.1) is 0 Å². The minimum atomic E-state index is -2.38. The Bertz CT molecular complexity index is 93.0. The molecule has 0 spiro atoms. The summed E-state index contributed by atoms with van der Waals surface area (Å²) in [5, 5.41) is 0. The van der Waals surface area contributed by atoms with E-state index in [1.165, 1.54) is 6.92 Å². The van der Waals surface area contributed by atoms with Gasteiger partial charge in [0, 0.05) is 13.3 Å². The Morgan fingerprint density at radius 1 is 1.67 bits per heavy atom. The van der Waals surface area contributed by atoms with Crippen LogP contribution in [0, 0.1) is 0 Å². The minimum absolute atomic E-state index is 0.188. The van der Waals surface area contributed by atoms with Crippen LogP contribution in [0.4, 0.5) is 8.78 Å². The van der Waals surface area contributed by atoms with Gasteiger partial charge in [-0.2, -0.15) is 0 Å². The Hall–Kier alpha value is -0.670. The molecule has 0 amide bonds. The van der Waals surface area contributed by atoms with Crippen LogP contribution in [0.1, 0.15) is 13.3 Å². The number of rotatable bonds is 3. The van der Waals surface area contributed by atoms with Crippen LogP contribution in [-0.2, 0) is 9.53 Å². The van der Waals surface area contributed by atoms with E-state index in [1.807, 2.05) is 0 Å². The molecule has 0 aromatic carbocycles. The van der Waals surface area contributed by atoms with Crippen molar-refractivity contribution in [1.82, 2.24) is 0 Å². The van der Waals surface area contributed by atoms with E-state index in [1.54, 1.807) is 0 Å². The van der Waals surface area contributed by atoms with Gasteiger partial charge in [0.1, 0.15) is 0 Å². The summed E-state index contributed by atoms with van der Waals surface area (Å²) in [7, 11) is 0. The van der Waals surface area contributed by atoms with Crippen LogP contribution in [-0.4, -0.2) is 19.0 Å². The lowest BCUT2D eigenvalue weighted by molar-refractivity contribution is -0.141. The topological polar surface area (TPSA) is 26.3 Å². The summed E-state index contributed by atoms with van der Waals surface area (Å²) in [6.07, 6.45) is -2.76. The van der Waals surface area contributed by atoms with Gasteiger partial charge in [-0.05, 0) is 0 Å². The molecule has 0 bridgehead atoms. The third kappa shape index (κ3) is 7.33. The molecule has 0 unspecified atom stereocenters. The normalized spacial score (nSPS) is 9.78. The summed E-state index contributed by atoms with van der Waals surface area (Å²) in [5.74, 6) is -0.518. The van der Waals surface area contributed by atoms with Crippen molar-refractivity contribution in [3.05, 3.63) is 0 Å². The fraction of sp³-hybridized carbons (Fsp3) is 0.800. The molecule has 0 aliphatic heterocycles. The first kappa shape index (κ1) is 8.33. The molecule has 0 fully saturated rings. The maximum atomic E-state index is 11.3. The Labute approximate surface area is 51.8 Å². The van der Waals surface area contributed by atoms with Crippen LogP contribution in [0.5, 0.6) is 0 Å². The highest BCUT2D eigenvalue weighted by atomic mass is 19.3. The molecule has 0 aliphatic carbocycles. The summed E-state index contributed by atoms with van der Waals surface area (Å²) in [6.45, 7) is 0.998. The fourth-order valence-electron chi connectivity index (χ4n) is 0.292. The van der Waals surface area contributed by atoms with E-state index in [0.717, 1.165) is 0 Å². The standard InChI is InChI=1S/C5H8F2O2/c1-4(8)9-3-2-5(6)7/h5H,2-3H2,1H3. The number of carbonyl (C=O) groups excluding carboxylic acids is 1. The second kappa shape index (κ2) is 4.23. The lowest BCUT2D eigenvalue weighted by Crippen LogP contribution is -2.04. The number of halogens is 2. The summed E-state index contributed by atoms with van der Waals surface area (Å²) < 4.78 is 26.8. The molecule has 0 rings (SSSR count). The van der Waals surface area contributed by atoms with E-state index in [9.17, 15) is 13.6 Å². The molecule has 0 heterocycles. The molecular formula is C5H8F2O2. The van der Waals surface area contributed by atoms with Crippen molar-refractivity contribution >= 4 is 5.97 Å². The van der Waals surface area contributed by atoms with Crippen LogP contribution >= 0.6 is 0 Å². The molecule has 9 heavy (non-hydrogen) atoms. The second-order valence-corrected chi connectivity index (χ2v) is 1.52. The molecule has 2 nitrogen and oxygen atoms in total. The first-order valence-electron chi connectivity index (χ1n) is 2.54. The van der Waals surface area contributed by atoms with Gasteiger partial charge in [0.05, 0.1) is 6.61 Å². The molecule has 0 N–H and O–H groups in total. The highest BCUT2D eigenvalue weighted by Gasteiger charge is 2.01. The monoisotopic (exact) mass is 138 g/mol. The number of carbonyl (C=O) groups is 1. The molecule has 0 aliphatic rings. The Balaban J connectivity index is 3.01. The largest absolute Gasteiger partial charge is 0.466 e. The number of hydrogen-bond acceptors (Lipinski definition) is 2. The number of esters is 1. The number of hydrogen-bond donors (Lipinski definition) is 0. The zero-order valence-corrected chi connectivity index (χ0v) is 5.06. The number of ether oxygens (including phenoxy) is 1. The molecule has 0 aromatic rings. The highest BCUT2D eigenvalue weighted by Crippen LogP contribution is 1.97. The Morgan fingerprint density at radius 2 is 2.22 bits per heavy atom. The second-order valence-electron chi connectivity index (χ2n) is 1.52. The third-order valence-electron chi connectivity index (χ3n) is 0.641. The van der Waals surface area contributed by atoms with Crippen molar-refractivity contribution in [2.45, 2.75) is 19.8 Å². The first-order valence-corrected chi connectivity index (χ1v) is 2.54. The molecule has 0 atom stereocenters. The zero-order valence-electron chi connectivity index (χ0n) is 5.06. The summed E-state index contributed by atoms with van der Waals surface area (Å²) in [4.78, 5) is 9.96. The third-order valence-corrected chi connectivity index (χ3v) is 0.641. The van der Waals surface area contributed by atoms with E-state index in [0.29, 0.717) is 0 Å². The van der Waals surface area contributed by atoms with Crippen LogP contribution in [0.2, 0.25) is 0 Å². The van der Waals surface area contributed by atoms with E-state index in [-0.39, 0.29) is 13.0 Å². The van der Waals surface area contributed by atoms with Crippen molar-refractivity contribution in [2.75, 3.05) is 6.61 Å². The summed E-state index contributed by atoms with van der Waals surface area (Å²) in [6, 6.07) is 0. The fourth-order valence-corrected chi connectivity index (χ4v) is 0.292. The Morgan fingerprint density at radius 3 is 2.56 bits per heavy atom. The SMILES string of the molecule is CC(=O)OCCC(F)F. The maximum absolute atomic E-state index is 11.3. The average Bonchev–Trinajstić information content (AvgIpc) is 1.63. The summed E-state index contributed by atoms with van der Waals surface area (Å²) >= 11 is 0. The quantitative estimate of drug-likeness (QED) is 0.548. The van der Waals surface area contributed by atoms with Gasteiger partial charge in [0.2, 0.25) is 6.43 Å². The molecule has 0 saturated heterocycles. The van der Waals surface area contributed by atoms with Crippen LogP contribution in [0.3, 0.4) is 0 Å². The average molecular weight is 138 g/mol. The van der Waals surface area contributed by atoms with Gasteiger partial charge in [-0.1, -0.05) is 0 Å². The van der Waals surface area contributed by atoms with Crippen molar-refractivity contribution < 1.29 is 18.3 Å². The molecule has 0 aromatic heterocycles. The van der Waals surface area contributed by atoms with Gasteiger partial charge in [-0.25, -0.2) is 8.78 Å². The lowest BCUT2D eigenvalue weighted by atomic mass is 10.5. The number of alkyl halides is 2. The Kier molecular flexibility index (Phi) is 3.92. The van der Waals surface area contributed by atoms with Crippen LogP contribution < -0.4 is 0 Å². The van der Waals surface area contributed by atoms with E-state index >= 15 is 0 Å². The van der Waals surface area contributed by atoms with Crippen molar-refractivity contribution in [3.8, 4) is 0 Å². The van der Waals surface area contributed by atoms with Gasteiger partial charge in [0.15, 0.2) is 0 Å². The van der Waals surface area contributed by atoms with Gasteiger partial charge in [0.25, 0.3) is 0 Å². The predicted octanol–water partition coefficient (Wildman–Crippen LogP) is 1.20. The van der Waals surface area contributed by atoms with Crippen molar-refractivity contribution in [2.24, 2.45) is 0 Å². The zero-order chi connectivity index (χ0) is 7.28. The molecule has 0 radical (unpaired) electrons. The summed E-state index contributed by atoms with van der Waals surface area (Å²) in [5.41, 5.74) is 0. The van der Waals surface area contributed by atoms with Gasteiger partial charge < -0.3 is 4.74 Å². The van der Waals surface area contributed by atoms with Gasteiger partial charge >= 0.3 is 5.97 Å². The van der Waals surface area contributed by atoms with Gasteiger partial charge in [-0.3, -0.25) is 4.79 Å².